The molecular formula is C23H24FN11. The van der Waals surface area contributed by atoms with Gasteiger partial charge in [0.15, 0.2) is 11.6 Å². The van der Waals surface area contributed by atoms with E-state index in [1.807, 2.05) is 32.9 Å². The highest BCUT2D eigenvalue weighted by Gasteiger charge is 2.21. The Labute approximate surface area is 200 Å². The van der Waals surface area contributed by atoms with Crippen LogP contribution in [0.15, 0.2) is 42.7 Å². The van der Waals surface area contributed by atoms with E-state index in [4.69, 9.17) is 5.10 Å². The van der Waals surface area contributed by atoms with Crippen LogP contribution >= 0.6 is 0 Å². The molecule has 12 heteroatoms. The largest absolute Gasteiger partial charge is 0.325 e. The van der Waals surface area contributed by atoms with Crippen LogP contribution in [0.2, 0.25) is 0 Å². The van der Waals surface area contributed by atoms with Crippen molar-refractivity contribution in [3.63, 3.8) is 0 Å². The highest BCUT2D eigenvalue weighted by Crippen LogP contribution is 2.32. The predicted molar refractivity (Wildman–Crippen MR) is 127 cm³/mol. The van der Waals surface area contributed by atoms with Crippen molar-refractivity contribution in [1.82, 2.24) is 49.7 Å². The predicted octanol–water partition coefficient (Wildman–Crippen LogP) is 3.16. The van der Waals surface area contributed by atoms with Crippen LogP contribution in [0, 0.1) is 19.7 Å². The second-order valence-corrected chi connectivity index (χ2v) is 8.14. The first-order valence-electron chi connectivity index (χ1n) is 11.1. The van der Waals surface area contributed by atoms with Gasteiger partial charge in [-0.05, 0) is 61.0 Å². The average molecular weight is 474 g/mol. The van der Waals surface area contributed by atoms with Gasteiger partial charge in [-0.15, -0.1) is 5.10 Å². The summed E-state index contributed by atoms with van der Waals surface area (Å²) in [6.07, 6.45) is 2.18. The third-order valence-electron chi connectivity index (χ3n) is 5.65. The molecule has 0 fully saturated rings. The Morgan fingerprint density at radius 1 is 1.03 bits per heavy atom. The van der Waals surface area contributed by atoms with Gasteiger partial charge in [0.05, 0.1) is 11.4 Å². The Kier molecular flexibility index (Phi) is 5.77. The van der Waals surface area contributed by atoms with Crippen LogP contribution < -0.4 is 5.32 Å². The normalized spacial score (nSPS) is 11.2. The lowest BCUT2D eigenvalue weighted by Gasteiger charge is -2.12. The second-order valence-electron chi connectivity index (χ2n) is 8.14. The van der Waals surface area contributed by atoms with Gasteiger partial charge < -0.3 is 5.32 Å². The number of tetrazole rings is 1. The summed E-state index contributed by atoms with van der Waals surface area (Å²) in [6, 6.07) is 10.1. The molecule has 178 valence electrons. The Morgan fingerprint density at radius 2 is 1.83 bits per heavy atom. The molecule has 0 unspecified atom stereocenters. The molecule has 0 aliphatic rings. The lowest BCUT2D eigenvalue weighted by atomic mass is 10.1. The molecular weight excluding hydrogens is 449 g/mol. The van der Waals surface area contributed by atoms with E-state index in [0.29, 0.717) is 30.4 Å². The van der Waals surface area contributed by atoms with Crippen LogP contribution in [0.3, 0.4) is 0 Å². The number of nitrogens with one attached hydrogen (secondary N) is 1. The van der Waals surface area contributed by atoms with Gasteiger partial charge in [0, 0.05) is 29.9 Å². The van der Waals surface area contributed by atoms with Crippen LogP contribution in [0.5, 0.6) is 0 Å². The van der Waals surface area contributed by atoms with Crippen LogP contribution in [0.25, 0.3) is 17.1 Å². The average Bonchev–Trinajstić information content (AvgIpc) is 3.51. The SMILES string of the molecule is CCc1c(-c2ccc(F)cc2)nn(Cc2nnnn2C)c1Nc1cc(-n2nc(C)cc2C)ncn1. The summed E-state index contributed by atoms with van der Waals surface area (Å²) in [4.78, 5) is 8.81. The molecule has 0 spiro atoms. The van der Waals surface area contributed by atoms with Gasteiger partial charge in [-0.3, -0.25) is 0 Å². The summed E-state index contributed by atoms with van der Waals surface area (Å²) in [5.41, 5.74) is 4.39. The van der Waals surface area contributed by atoms with E-state index < -0.39 is 0 Å². The Bertz CT molecular complexity index is 1480. The monoisotopic (exact) mass is 473 g/mol. The van der Waals surface area contributed by atoms with Crippen LogP contribution in [-0.2, 0) is 20.0 Å². The van der Waals surface area contributed by atoms with E-state index in [1.165, 1.54) is 18.5 Å². The van der Waals surface area contributed by atoms with Gasteiger partial charge in [-0.25, -0.2) is 28.4 Å². The summed E-state index contributed by atoms with van der Waals surface area (Å²) < 4.78 is 18.7. The summed E-state index contributed by atoms with van der Waals surface area (Å²) in [5, 5.41) is 24.5. The first-order valence-corrected chi connectivity index (χ1v) is 11.1. The zero-order valence-corrected chi connectivity index (χ0v) is 19.8. The van der Waals surface area contributed by atoms with E-state index in [2.05, 4.69) is 35.9 Å². The van der Waals surface area contributed by atoms with Crippen molar-refractivity contribution in [3.8, 4) is 17.1 Å². The minimum absolute atomic E-state index is 0.299. The maximum Gasteiger partial charge on any atom is 0.172 e. The molecule has 0 aliphatic heterocycles. The molecule has 0 bridgehead atoms. The van der Waals surface area contributed by atoms with Gasteiger partial charge >= 0.3 is 0 Å². The fourth-order valence-electron chi connectivity index (χ4n) is 3.96. The smallest absolute Gasteiger partial charge is 0.172 e. The van der Waals surface area contributed by atoms with Crippen molar-refractivity contribution in [2.24, 2.45) is 7.05 Å². The third-order valence-corrected chi connectivity index (χ3v) is 5.65. The standard InChI is InChI=1S/C23H24FN11/c1-5-18-22(16-6-8-17(24)9-7-16)30-34(12-21-28-31-32-33(21)4)23(18)27-19-11-20(26-13-25-19)35-15(3)10-14(2)29-35/h6-11,13H,5,12H2,1-4H3,(H,25,26,27). The highest BCUT2D eigenvalue weighted by molar-refractivity contribution is 5.72. The zero-order valence-electron chi connectivity index (χ0n) is 19.8. The number of hydrogen-bond donors (Lipinski definition) is 1. The van der Waals surface area contributed by atoms with Crippen molar-refractivity contribution in [2.45, 2.75) is 33.7 Å². The fraction of sp³-hybridized carbons (Fsp3) is 0.261. The maximum absolute atomic E-state index is 13.6. The second kappa shape index (κ2) is 9.05. The number of rotatable bonds is 7. The minimum atomic E-state index is -0.299. The Balaban J connectivity index is 1.59. The first-order chi connectivity index (χ1) is 16.9. The molecule has 0 amide bonds. The summed E-state index contributed by atoms with van der Waals surface area (Å²) in [6.45, 7) is 6.29. The molecule has 0 aliphatic carbocycles. The number of anilines is 2. The van der Waals surface area contributed by atoms with Crippen molar-refractivity contribution in [3.05, 3.63) is 71.3 Å². The molecule has 1 aromatic carbocycles. The first kappa shape index (κ1) is 22.3. The summed E-state index contributed by atoms with van der Waals surface area (Å²) in [7, 11) is 1.78. The third kappa shape index (κ3) is 4.37. The van der Waals surface area contributed by atoms with Crippen LogP contribution in [0.4, 0.5) is 16.0 Å². The molecule has 11 nitrogen and oxygen atoms in total. The van der Waals surface area contributed by atoms with Crippen molar-refractivity contribution >= 4 is 11.6 Å². The number of benzene rings is 1. The van der Waals surface area contributed by atoms with E-state index >= 15 is 0 Å². The number of nitrogens with zero attached hydrogens (tertiary/aromatic N) is 10. The van der Waals surface area contributed by atoms with Gasteiger partial charge in [0.25, 0.3) is 0 Å². The van der Waals surface area contributed by atoms with Crippen molar-refractivity contribution in [1.29, 1.82) is 0 Å². The number of hydrogen-bond acceptors (Lipinski definition) is 8. The zero-order chi connectivity index (χ0) is 24.5. The number of halogens is 1. The van der Waals surface area contributed by atoms with Gasteiger partial charge in [0.2, 0.25) is 0 Å². The van der Waals surface area contributed by atoms with Crippen molar-refractivity contribution < 1.29 is 4.39 Å². The van der Waals surface area contributed by atoms with Crippen LogP contribution in [-0.4, -0.2) is 49.7 Å². The molecule has 5 aromatic rings. The van der Waals surface area contributed by atoms with E-state index in [9.17, 15) is 4.39 Å². The number of aryl methyl sites for hydroxylation is 3. The molecule has 4 heterocycles. The fourth-order valence-corrected chi connectivity index (χ4v) is 3.96. The van der Waals surface area contributed by atoms with Gasteiger partial charge in [0.1, 0.15) is 30.3 Å². The Morgan fingerprint density at radius 3 is 2.49 bits per heavy atom. The van der Waals surface area contributed by atoms with Gasteiger partial charge in [-0.1, -0.05) is 6.92 Å². The number of aromatic nitrogens is 10. The molecule has 0 saturated heterocycles. The van der Waals surface area contributed by atoms with E-state index in [-0.39, 0.29) is 5.82 Å². The van der Waals surface area contributed by atoms with Gasteiger partial charge in [-0.2, -0.15) is 10.2 Å². The molecule has 5 rings (SSSR count). The molecule has 4 aromatic heterocycles. The topological polar surface area (TPSA) is 117 Å². The van der Waals surface area contributed by atoms with E-state index in [1.54, 1.807) is 33.2 Å². The maximum atomic E-state index is 13.6. The molecule has 1 N–H and O–H groups in total. The summed E-state index contributed by atoms with van der Waals surface area (Å²) in [5.74, 6) is 2.31. The molecule has 0 radical (unpaired) electrons. The lowest BCUT2D eigenvalue weighted by molar-refractivity contribution is 0.611. The van der Waals surface area contributed by atoms with E-state index in [0.717, 1.165) is 34.0 Å². The summed E-state index contributed by atoms with van der Waals surface area (Å²) >= 11 is 0. The molecule has 0 saturated carbocycles. The Hall–Kier alpha value is -4.48. The highest BCUT2D eigenvalue weighted by atomic mass is 19.1. The molecule has 0 atom stereocenters. The van der Waals surface area contributed by atoms with Crippen LogP contribution in [0.1, 0.15) is 29.7 Å². The molecule has 35 heavy (non-hydrogen) atoms. The van der Waals surface area contributed by atoms with Crippen molar-refractivity contribution in [2.75, 3.05) is 5.32 Å². The minimum Gasteiger partial charge on any atom is -0.325 e. The lowest BCUT2D eigenvalue weighted by Crippen LogP contribution is -2.12. The quantitative estimate of drug-likeness (QED) is 0.383.